The second-order valence-electron chi connectivity index (χ2n) is 3.14. The van der Waals surface area contributed by atoms with Crippen molar-refractivity contribution in [2.75, 3.05) is 0 Å². The largest absolute Gasteiger partial charge is 0.473 e. The van der Waals surface area contributed by atoms with Gasteiger partial charge in [-0.1, -0.05) is 0 Å². The summed E-state index contributed by atoms with van der Waals surface area (Å²) >= 11 is 0. The fraction of sp³-hybridized carbons (Fsp3) is 0.0769. The molecule has 0 aromatic carbocycles. The highest BCUT2D eigenvalue weighted by atomic mass is 16.5. The molecular weight excluding hydrogens is 220 g/mol. The molecule has 0 fully saturated rings. The lowest BCUT2D eigenvalue weighted by Crippen LogP contribution is -1.90. The molecule has 1 aromatic rings. The van der Waals surface area contributed by atoms with E-state index in [1.54, 1.807) is 18.2 Å². The summed E-state index contributed by atoms with van der Waals surface area (Å²) < 4.78 is 9.33. The van der Waals surface area contributed by atoms with Crippen LogP contribution in [0.15, 0.2) is 70.2 Å². The van der Waals surface area contributed by atoms with Crippen molar-refractivity contribution in [3.8, 4) is 0 Å². The molecule has 4 heteroatoms. The summed E-state index contributed by atoms with van der Waals surface area (Å²) in [6.07, 6.45) is 10.8. The van der Waals surface area contributed by atoms with Gasteiger partial charge in [0, 0.05) is 12.1 Å². The summed E-state index contributed by atoms with van der Waals surface area (Å²) in [5.74, 6) is 0.0474. The minimum Gasteiger partial charge on any atom is -0.473 e. The Labute approximate surface area is 98.5 Å². The van der Waals surface area contributed by atoms with Crippen LogP contribution in [0.25, 0.3) is 0 Å². The highest BCUT2D eigenvalue weighted by Crippen LogP contribution is 2.04. The van der Waals surface area contributed by atoms with Gasteiger partial charge in [-0.25, -0.2) is 0 Å². The first-order chi connectivity index (χ1) is 8.18. The van der Waals surface area contributed by atoms with Crippen LogP contribution < -0.4 is 5.43 Å². The quantitative estimate of drug-likeness (QED) is 0.696. The first-order valence-corrected chi connectivity index (χ1v) is 4.92. The topological polar surface area (TPSA) is 56.5 Å². The van der Waals surface area contributed by atoms with Gasteiger partial charge < -0.3 is 9.15 Å². The number of hydrogen-bond donors (Lipinski definition) is 0. The van der Waals surface area contributed by atoms with Crippen LogP contribution in [0.5, 0.6) is 0 Å². The second kappa shape index (κ2) is 7.00. The summed E-state index contributed by atoms with van der Waals surface area (Å²) in [5.41, 5.74) is 0.852. The Morgan fingerprint density at radius 1 is 1.18 bits per heavy atom. The third kappa shape index (κ3) is 5.94. The van der Waals surface area contributed by atoms with E-state index < -0.39 is 0 Å². The van der Waals surface area contributed by atoms with E-state index in [-0.39, 0.29) is 11.2 Å². The van der Waals surface area contributed by atoms with Gasteiger partial charge in [-0.3, -0.25) is 9.59 Å². The van der Waals surface area contributed by atoms with Crippen molar-refractivity contribution in [1.29, 1.82) is 0 Å². The van der Waals surface area contributed by atoms with Crippen molar-refractivity contribution in [2.45, 2.75) is 6.92 Å². The molecule has 2 heterocycles. The first-order valence-electron chi connectivity index (χ1n) is 4.92. The summed E-state index contributed by atoms with van der Waals surface area (Å²) in [6, 6.07) is 2.72. The van der Waals surface area contributed by atoms with Crippen LogP contribution in [0.3, 0.4) is 0 Å². The Balaban J connectivity index is 0.000000181. The molecule has 1 aromatic heterocycles. The van der Waals surface area contributed by atoms with Gasteiger partial charge in [0.25, 0.3) is 0 Å². The number of carbonyl (C=O) groups excluding carboxylic acids is 1. The van der Waals surface area contributed by atoms with Gasteiger partial charge in [0.2, 0.25) is 0 Å². The van der Waals surface area contributed by atoms with Crippen LogP contribution in [0.1, 0.15) is 6.92 Å². The van der Waals surface area contributed by atoms with Crippen molar-refractivity contribution in [3.63, 3.8) is 0 Å². The van der Waals surface area contributed by atoms with E-state index in [1.807, 2.05) is 0 Å². The number of allylic oxidation sites excluding steroid dienone is 4. The predicted molar refractivity (Wildman–Crippen MR) is 63.1 cm³/mol. The molecule has 88 valence electrons. The predicted octanol–water partition coefficient (Wildman–Crippen LogP) is 2.20. The van der Waals surface area contributed by atoms with Gasteiger partial charge in [-0.2, -0.15) is 0 Å². The van der Waals surface area contributed by atoms with E-state index in [2.05, 4.69) is 4.42 Å². The Morgan fingerprint density at radius 2 is 1.76 bits per heavy atom. The molecule has 0 unspecified atom stereocenters. The van der Waals surface area contributed by atoms with Crippen LogP contribution in [0, 0.1) is 0 Å². The number of carbonyl (C=O) groups is 1. The number of rotatable bonds is 1. The lowest BCUT2D eigenvalue weighted by atomic mass is 10.2. The molecule has 4 nitrogen and oxygen atoms in total. The van der Waals surface area contributed by atoms with Crippen molar-refractivity contribution in [3.05, 3.63) is 71.2 Å². The molecule has 1 aliphatic heterocycles. The van der Waals surface area contributed by atoms with E-state index in [4.69, 9.17) is 4.74 Å². The second-order valence-corrected chi connectivity index (χ2v) is 3.14. The van der Waals surface area contributed by atoms with Crippen LogP contribution >= 0.6 is 0 Å². The average molecular weight is 232 g/mol. The molecule has 17 heavy (non-hydrogen) atoms. The number of ether oxygens (including phenoxy) is 1. The van der Waals surface area contributed by atoms with E-state index in [9.17, 15) is 9.59 Å². The maximum atomic E-state index is 10.5. The highest BCUT2D eigenvalue weighted by molar-refractivity contribution is 5.88. The summed E-state index contributed by atoms with van der Waals surface area (Å²) in [4.78, 5) is 20.7. The van der Waals surface area contributed by atoms with Crippen LogP contribution in [0.4, 0.5) is 0 Å². The normalized spacial score (nSPS) is 12.2. The molecule has 1 aliphatic rings. The molecule has 0 atom stereocenters. The van der Waals surface area contributed by atoms with Gasteiger partial charge in [0.15, 0.2) is 11.2 Å². The van der Waals surface area contributed by atoms with E-state index in [1.165, 1.54) is 44.1 Å². The SMILES string of the molecule is CC(=O)C=C1C=COC=C1.O=c1ccocc1. The number of hydrogen-bond acceptors (Lipinski definition) is 4. The monoisotopic (exact) mass is 232 g/mol. The first kappa shape index (κ1) is 12.7. The van der Waals surface area contributed by atoms with Crippen LogP contribution in [0.2, 0.25) is 0 Å². The van der Waals surface area contributed by atoms with Gasteiger partial charge in [0.1, 0.15) is 0 Å². The molecule has 0 saturated carbocycles. The molecule has 2 rings (SSSR count). The van der Waals surface area contributed by atoms with E-state index in [0.29, 0.717) is 0 Å². The minimum atomic E-state index is -0.0220. The highest BCUT2D eigenvalue weighted by Gasteiger charge is 1.92. The fourth-order valence-electron chi connectivity index (χ4n) is 0.981. The third-order valence-corrected chi connectivity index (χ3v) is 1.67. The Bertz CT molecular complexity index is 475. The zero-order valence-corrected chi connectivity index (χ0v) is 9.33. The molecule has 0 aliphatic carbocycles. The summed E-state index contributed by atoms with van der Waals surface area (Å²) in [6.45, 7) is 1.52. The Hall–Kier alpha value is -2.36. The Morgan fingerprint density at radius 3 is 2.18 bits per heavy atom. The molecule has 0 bridgehead atoms. The van der Waals surface area contributed by atoms with Crippen molar-refractivity contribution in [2.24, 2.45) is 0 Å². The lowest BCUT2D eigenvalue weighted by molar-refractivity contribution is -0.112. The molecular formula is C13H12O4. The zero-order valence-electron chi connectivity index (χ0n) is 9.33. The third-order valence-electron chi connectivity index (χ3n) is 1.67. The maximum absolute atomic E-state index is 10.5. The molecule has 0 spiro atoms. The maximum Gasteiger partial charge on any atom is 0.184 e. The molecule has 0 radical (unpaired) electrons. The Kier molecular flexibility index (Phi) is 5.24. The van der Waals surface area contributed by atoms with Gasteiger partial charge >= 0.3 is 0 Å². The number of ketones is 1. The van der Waals surface area contributed by atoms with Gasteiger partial charge in [-0.15, -0.1) is 0 Å². The summed E-state index contributed by atoms with van der Waals surface area (Å²) in [5, 5.41) is 0. The summed E-state index contributed by atoms with van der Waals surface area (Å²) in [7, 11) is 0. The van der Waals surface area contributed by atoms with Crippen LogP contribution in [-0.4, -0.2) is 5.78 Å². The lowest BCUT2D eigenvalue weighted by Gasteiger charge is -1.98. The fourth-order valence-corrected chi connectivity index (χ4v) is 0.981. The standard InChI is InChI=1S/C8H8O2.C5H4O2/c1-7(9)6-8-2-4-10-5-3-8;6-5-1-3-7-4-2-5/h2-6H,1H3;1-4H. The van der Waals surface area contributed by atoms with Crippen molar-refractivity contribution < 1.29 is 13.9 Å². The van der Waals surface area contributed by atoms with E-state index in [0.717, 1.165) is 5.57 Å². The van der Waals surface area contributed by atoms with Crippen molar-refractivity contribution in [1.82, 2.24) is 0 Å². The van der Waals surface area contributed by atoms with Gasteiger partial charge in [0.05, 0.1) is 25.1 Å². The van der Waals surface area contributed by atoms with Crippen molar-refractivity contribution >= 4 is 5.78 Å². The van der Waals surface area contributed by atoms with Crippen LogP contribution in [-0.2, 0) is 9.53 Å². The molecule has 0 saturated heterocycles. The molecule has 0 N–H and O–H groups in total. The smallest absolute Gasteiger partial charge is 0.184 e. The average Bonchev–Trinajstić information content (AvgIpc) is 2.31. The van der Waals surface area contributed by atoms with Gasteiger partial charge in [-0.05, 0) is 30.7 Å². The van der Waals surface area contributed by atoms with E-state index >= 15 is 0 Å². The molecule has 0 amide bonds. The minimum absolute atomic E-state index is 0.0220. The zero-order chi connectivity index (χ0) is 12.5.